The molecule has 2 aromatic carbocycles. The molecular weight excluding hydrogens is 270 g/mol. The lowest BCUT2D eigenvalue weighted by atomic mass is 10.1. The third-order valence-corrected chi connectivity index (χ3v) is 2.68. The van der Waals surface area contributed by atoms with Gasteiger partial charge >= 0.3 is 11.8 Å². The Bertz CT molecular complexity index is 684. The number of amides is 3. The molecule has 0 saturated heterocycles. The minimum absolute atomic E-state index is 0.217. The maximum Gasteiger partial charge on any atom is 0.313 e. The highest BCUT2D eigenvalue weighted by molar-refractivity contribution is 6.39. The summed E-state index contributed by atoms with van der Waals surface area (Å²) in [6, 6.07) is 15.2. The summed E-state index contributed by atoms with van der Waals surface area (Å²) in [4.78, 5) is 34.3. The van der Waals surface area contributed by atoms with Crippen LogP contribution in [0.3, 0.4) is 0 Å². The van der Waals surface area contributed by atoms with Gasteiger partial charge in [-0.05, 0) is 24.3 Å². The summed E-state index contributed by atoms with van der Waals surface area (Å²) in [5.74, 6) is -2.50. The van der Waals surface area contributed by atoms with Crippen LogP contribution in [-0.2, 0) is 9.59 Å². The molecule has 0 aromatic heterocycles. The van der Waals surface area contributed by atoms with E-state index in [0.717, 1.165) is 0 Å². The number of primary amides is 1. The molecule has 0 fully saturated rings. The number of anilines is 2. The molecule has 2 aromatic rings. The first-order valence-corrected chi connectivity index (χ1v) is 6.14. The van der Waals surface area contributed by atoms with Gasteiger partial charge in [0.1, 0.15) is 0 Å². The predicted octanol–water partition coefficient (Wildman–Crippen LogP) is 1.36. The van der Waals surface area contributed by atoms with Crippen LogP contribution in [0.5, 0.6) is 0 Å². The van der Waals surface area contributed by atoms with Gasteiger partial charge in [-0.25, -0.2) is 0 Å². The van der Waals surface area contributed by atoms with E-state index in [1.807, 2.05) is 6.07 Å². The summed E-state index contributed by atoms with van der Waals surface area (Å²) in [6.07, 6.45) is 0. The molecule has 0 aliphatic heterocycles. The summed E-state index contributed by atoms with van der Waals surface area (Å²) in [5, 5.41) is 5.00. The number of carbonyl (C=O) groups is 3. The monoisotopic (exact) mass is 283 g/mol. The molecule has 0 bridgehead atoms. The molecule has 0 aliphatic rings. The van der Waals surface area contributed by atoms with E-state index >= 15 is 0 Å². The van der Waals surface area contributed by atoms with Gasteiger partial charge in [-0.2, -0.15) is 0 Å². The minimum Gasteiger partial charge on any atom is -0.361 e. The summed E-state index contributed by atoms with van der Waals surface area (Å²) >= 11 is 0. The lowest BCUT2D eigenvalue weighted by Crippen LogP contribution is -2.30. The molecule has 3 amide bonds. The number of benzene rings is 2. The van der Waals surface area contributed by atoms with E-state index < -0.39 is 17.7 Å². The number of hydrogen-bond donors (Lipinski definition) is 3. The summed E-state index contributed by atoms with van der Waals surface area (Å²) < 4.78 is 0. The van der Waals surface area contributed by atoms with Crippen LogP contribution in [0, 0.1) is 0 Å². The van der Waals surface area contributed by atoms with Gasteiger partial charge in [-0.3, -0.25) is 14.4 Å². The number of hydrogen-bond acceptors (Lipinski definition) is 3. The lowest BCUT2D eigenvalue weighted by Gasteiger charge is -2.10. The summed E-state index contributed by atoms with van der Waals surface area (Å²) in [5.41, 5.74) is 5.96. The van der Waals surface area contributed by atoms with Gasteiger partial charge < -0.3 is 16.4 Å². The minimum atomic E-state index is -1.12. The Morgan fingerprint density at radius 3 is 2.10 bits per heavy atom. The molecule has 106 valence electrons. The van der Waals surface area contributed by atoms with Gasteiger partial charge in [0.15, 0.2) is 0 Å². The molecule has 4 N–H and O–H groups in total. The van der Waals surface area contributed by atoms with Crippen LogP contribution in [0.15, 0.2) is 54.6 Å². The Morgan fingerprint density at radius 1 is 0.810 bits per heavy atom. The summed E-state index contributed by atoms with van der Waals surface area (Å²) in [6.45, 7) is 0. The van der Waals surface area contributed by atoms with Crippen molar-refractivity contribution in [2.75, 3.05) is 10.6 Å². The Labute approximate surface area is 121 Å². The molecule has 0 spiro atoms. The normalized spacial score (nSPS) is 9.71. The second-order valence-electron chi connectivity index (χ2n) is 4.18. The van der Waals surface area contributed by atoms with Crippen molar-refractivity contribution in [2.45, 2.75) is 0 Å². The van der Waals surface area contributed by atoms with Gasteiger partial charge in [-0.15, -0.1) is 0 Å². The SMILES string of the molecule is NC(=O)C(=O)Nc1ccccc1C(=O)Nc1ccccc1. The molecule has 6 heteroatoms. The number of rotatable bonds is 3. The highest BCUT2D eigenvalue weighted by atomic mass is 16.2. The number of para-hydroxylation sites is 2. The van der Waals surface area contributed by atoms with Crippen LogP contribution >= 0.6 is 0 Å². The summed E-state index contributed by atoms with van der Waals surface area (Å²) in [7, 11) is 0. The number of carbonyl (C=O) groups excluding carboxylic acids is 3. The zero-order valence-corrected chi connectivity index (χ0v) is 11.0. The number of nitrogens with one attached hydrogen (secondary N) is 2. The van der Waals surface area contributed by atoms with E-state index in [4.69, 9.17) is 5.73 Å². The molecule has 21 heavy (non-hydrogen) atoms. The van der Waals surface area contributed by atoms with Crippen LogP contribution in [-0.4, -0.2) is 17.7 Å². The molecule has 0 saturated carbocycles. The van der Waals surface area contributed by atoms with Crippen LogP contribution < -0.4 is 16.4 Å². The van der Waals surface area contributed by atoms with Gasteiger partial charge in [0.05, 0.1) is 11.3 Å². The van der Waals surface area contributed by atoms with Crippen molar-refractivity contribution >= 4 is 29.1 Å². The maximum atomic E-state index is 12.2. The fraction of sp³-hybridized carbons (Fsp3) is 0. The maximum absolute atomic E-state index is 12.2. The first kappa shape index (κ1) is 14.3. The third-order valence-electron chi connectivity index (χ3n) is 2.68. The van der Waals surface area contributed by atoms with Crippen molar-refractivity contribution in [1.82, 2.24) is 0 Å². The molecule has 6 nitrogen and oxygen atoms in total. The van der Waals surface area contributed by atoms with Gasteiger partial charge in [0.2, 0.25) is 0 Å². The van der Waals surface area contributed by atoms with Crippen molar-refractivity contribution in [3.05, 3.63) is 60.2 Å². The topological polar surface area (TPSA) is 101 Å². The fourth-order valence-corrected chi connectivity index (χ4v) is 1.69. The van der Waals surface area contributed by atoms with Crippen molar-refractivity contribution in [2.24, 2.45) is 5.73 Å². The first-order valence-electron chi connectivity index (χ1n) is 6.14. The van der Waals surface area contributed by atoms with Crippen molar-refractivity contribution in [3.8, 4) is 0 Å². The fourth-order valence-electron chi connectivity index (χ4n) is 1.69. The largest absolute Gasteiger partial charge is 0.361 e. The highest BCUT2D eigenvalue weighted by Crippen LogP contribution is 2.17. The lowest BCUT2D eigenvalue weighted by molar-refractivity contribution is -0.134. The van der Waals surface area contributed by atoms with Crippen LogP contribution in [0.1, 0.15) is 10.4 Å². The second-order valence-corrected chi connectivity index (χ2v) is 4.18. The molecule has 0 unspecified atom stereocenters. The van der Waals surface area contributed by atoms with Gasteiger partial charge in [0.25, 0.3) is 5.91 Å². The van der Waals surface area contributed by atoms with E-state index in [1.54, 1.807) is 36.4 Å². The van der Waals surface area contributed by atoms with Crippen molar-refractivity contribution < 1.29 is 14.4 Å². The molecular formula is C15H13N3O3. The molecule has 0 heterocycles. The molecule has 0 aliphatic carbocycles. The van der Waals surface area contributed by atoms with Crippen LogP contribution in [0.2, 0.25) is 0 Å². The average molecular weight is 283 g/mol. The van der Waals surface area contributed by atoms with E-state index in [2.05, 4.69) is 10.6 Å². The standard InChI is InChI=1S/C15H13N3O3/c16-13(19)15(21)18-12-9-5-4-8-11(12)14(20)17-10-6-2-1-3-7-10/h1-9H,(H2,16,19)(H,17,20)(H,18,21). The Kier molecular flexibility index (Phi) is 4.30. The molecule has 0 atom stereocenters. The Hall–Kier alpha value is -3.15. The van der Waals surface area contributed by atoms with E-state index in [-0.39, 0.29) is 11.3 Å². The second kappa shape index (κ2) is 6.33. The van der Waals surface area contributed by atoms with Crippen molar-refractivity contribution in [1.29, 1.82) is 0 Å². The predicted molar refractivity (Wildman–Crippen MR) is 78.7 cm³/mol. The highest BCUT2D eigenvalue weighted by Gasteiger charge is 2.15. The van der Waals surface area contributed by atoms with Crippen LogP contribution in [0.4, 0.5) is 11.4 Å². The quantitative estimate of drug-likeness (QED) is 0.741. The Balaban J connectivity index is 2.21. The molecule has 0 radical (unpaired) electrons. The smallest absolute Gasteiger partial charge is 0.313 e. The van der Waals surface area contributed by atoms with E-state index in [0.29, 0.717) is 5.69 Å². The van der Waals surface area contributed by atoms with E-state index in [1.165, 1.54) is 12.1 Å². The van der Waals surface area contributed by atoms with Gasteiger partial charge in [-0.1, -0.05) is 30.3 Å². The zero-order valence-electron chi connectivity index (χ0n) is 11.0. The van der Waals surface area contributed by atoms with Crippen molar-refractivity contribution in [3.63, 3.8) is 0 Å². The zero-order chi connectivity index (χ0) is 15.2. The Morgan fingerprint density at radius 2 is 1.43 bits per heavy atom. The number of nitrogens with two attached hydrogens (primary N) is 1. The molecule has 2 rings (SSSR count). The average Bonchev–Trinajstić information content (AvgIpc) is 2.48. The third kappa shape index (κ3) is 3.66. The van der Waals surface area contributed by atoms with E-state index in [9.17, 15) is 14.4 Å². The van der Waals surface area contributed by atoms with Gasteiger partial charge in [0, 0.05) is 5.69 Å². The van der Waals surface area contributed by atoms with Crippen LogP contribution in [0.25, 0.3) is 0 Å². The first-order chi connectivity index (χ1) is 10.1.